The number of aliphatic carboxylic acids is 1. The van der Waals surface area contributed by atoms with Gasteiger partial charge in [0.1, 0.15) is 11.6 Å². The van der Waals surface area contributed by atoms with Crippen LogP contribution < -0.4 is 25.7 Å². The molecule has 3 aromatic rings. The van der Waals surface area contributed by atoms with E-state index < -0.39 is 29.5 Å². The van der Waals surface area contributed by atoms with E-state index in [1.165, 1.54) is 26.0 Å². The summed E-state index contributed by atoms with van der Waals surface area (Å²) in [6.07, 6.45) is -0.0944. The van der Waals surface area contributed by atoms with Crippen molar-refractivity contribution >= 4 is 40.5 Å². The Morgan fingerprint density at radius 3 is 2.44 bits per heavy atom. The minimum absolute atomic E-state index is 0.0757. The fourth-order valence-electron chi connectivity index (χ4n) is 3.95. The quantitative estimate of drug-likeness (QED) is 0.202. The normalized spacial score (nSPS) is 11.6. The number of carbonyl (C=O) groups excluding carboxylic acids is 2. The van der Waals surface area contributed by atoms with E-state index in [1.807, 2.05) is 30.3 Å². The fraction of sp³-hybridized carbons (Fsp3) is 0.357. The molecule has 3 rings (SSSR count). The van der Waals surface area contributed by atoms with Gasteiger partial charge in [-0.3, -0.25) is 14.4 Å². The topological polar surface area (TPSA) is 144 Å². The first-order valence-corrected chi connectivity index (χ1v) is 13.5. The predicted octanol–water partition coefficient (Wildman–Crippen LogP) is 3.06. The third kappa shape index (κ3) is 8.25. The number of rotatable bonds is 14. The van der Waals surface area contributed by atoms with Crippen LogP contribution in [0.3, 0.4) is 0 Å². The molecule has 39 heavy (non-hydrogen) atoms. The van der Waals surface area contributed by atoms with Crippen LogP contribution in [0, 0.1) is 6.92 Å². The molecule has 0 spiro atoms. The van der Waals surface area contributed by atoms with Crippen molar-refractivity contribution in [2.75, 3.05) is 26.5 Å². The van der Waals surface area contributed by atoms with Gasteiger partial charge < -0.3 is 29.6 Å². The summed E-state index contributed by atoms with van der Waals surface area (Å²) < 4.78 is 16.1. The SMILES string of the molecule is COc1cc2oc(=O)c(CC(=O)NC(CSCc3ccccc3)C(=O)NCCCC(=O)O)c(C)c2cc1OC. The van der Waals surface area contributed by atoms with Crippen LogP contribution in [-0.2, 0) is 26.6 Å². The van der Waals surface area contributed by atoms with Crippen LogP contribution in [0.15, 0.2) is 51.7 Å². The van der Waals surface area contributed by atoms with Gasteiger partial charge in [0.15, 0.2) is 11.5 Å². The Hall–Kier alpha value is -3.99. The number of carbonyl (C=O) groups is 3. The van der Waals surface area contributed by atoms with Gasteiger partial charge in [0.2, 0.25) is 11.8 Å². The van der Waals surface area contributed by atoms with Crippen molar-refractivity contribution in [2.45, 2.75) is 38.0 Å². The van der Waals surface area contributed by atoms with Crippen molar-refractivity contribution in [1.82, 2.24) is 10.6 Å². The second kappa shape index (κ2) is 14.2. The molecule has 0 aliphatic rings. The number of amides is 2. The van der Waals surface area contributed by atoms with Crippen molar-refractivity contribution in [3.8, 4) is 11.5 Å². The minimum atomic E-state index is -0.951. The van der Waals surface area contributed by atoms with Crippen LogP contribution in [-0.4, -0.2) is 55.4 Å². The van der Waals surface area contributed by atoms with Crippen LogP contribution in [0.4, 0.5) is 0 Å². The summed E-state index contributed by atoms with van der Waals surface area (Å²) in [6.45, 7) is 1.88. The number of carboxylic acids is 1. The van der Waals surface area contributed by atoms with Crippen molar-refractivity contribution in [3.05, 3.63) is 69.6 Å². The first-order chi connectivity index (χ1) is 18.7. The number of thioether (sulfide) groups is 1. The molecule has 2 amide bonds. The largest absolute Gasteiger partial charge is 0.493 e. The predicted molar refractivity (Wildman–Crippen MR) is 148 cm³/mol. The summed E-state index contributed by atoms with van der Waals surface area (Å²) >= 11 is 1.48. The molecule has 0 radical (unpaired) electrons. The first-order valence-electron chi connectivity index (χ1n) is 12.3. The van der Waals surface area contributed by atoms with Crippen LogP contribution in [0.5, 0.6) is 11.5 Å². The summed E-state index contributed by atoms with van der Waals surface area (Å²) in [5.41, 5.74) is 1.45. The van der Waals surface area contributed by atoms with Crippen molar-refractivity contribution < 1.29 is 33.4 Å². The van der Waals surface area contributed by atoms with Gasteiger partial charge in [-0.1, -0.05) is 30.3 Å². The number of hydrogen-bond donors (Lipinski definition) is 3. The molecule has 1 heterocycles. The molecular weight excluding hydrogens is 524 g/mol. The number of ether oxygens (including phenoxy) is 2. The standard InChI is InChI=1S/C28H32N2O8S/c1-17-19-12-23(36-2)24(37-3)14-22(19)38-28(35)20(17)13-25(31)30-21(27(34)29-11-7-10-26(32)33)16-39-15-18-8-5-4-6-9-18/h4-6,8-9,12,14,21H,7,10-11,13,15-16H2,1-3H3,(H,29,34)(H,30,31)(H,32,33). The summed E-state index contributed by atoms with van der Waals surface area (Å²) in [5.74, 6) is -0.111. The molecule has 208 valence electrons. The molecule has 10 nitrogen and oxygen atoms in total. The summed E-state index contributed by atoms with van der Waals surface area (Å²) in [7, 11) is 2.97. The number of hydrogen-bond acceptors (Lipinski definition) is 8. The Morgan fingerprint density at radius 1 is 1.08 bits per heavy atom. The van der Waals surface area contributed by atoms with Crippen LogP contribution >= 0.6 is 11.8 Å². The zero-order valence-corrected chi connectivity index (χ0v) is 22.9. The molecule has 1 aromatic heterocycles. The molecule has 3 N–H and O–H groups in total. The van der Waals surface area contributed by atoms with Crippen LogP contribution in [0.25, 0.3) is 11.0 Å². The van der Waals surface area contributed by atoms with E-state index in [0.717, 1.165) is 5.56 Å². The molecule has 0 fully saturated rings. The highest BCUT2D eigenvalue weighted by Crippen LogP contribution is 2.33. The molecule has 11 heteroatoms. The third-order valence-electron chi connectivity index (χ3n) is 6.04. The second-order valence-corrected chi connectivity index (χ2v) is 9.81. The second-order valence-electron chi connectivity index (χ2n) is 8.78. The maximum Gasteiger partial charge on any atom is 0.340 e. The number of fused-ring (bicyclic) bond motifs is 1. The Bertz CT molecular complexity index is 1370. The van der Waals surface area contributed by atoms with Crippen LogP contribution in [0.2, 0.25) is 0 Å². The lowest BCUT2D eigenvalue weighted by atomic mass is 10.0. The van der Waals surface area contributed by atoms with E-state index in [2.05, 4.69) is 10.6 Å². The molecule has 0 aliphatic heterocycles. The molecule has 1 unspecified atom stereocenters. The molecule has 1 atom stereocenters. The van der Waals surface area contributed by atoms with Crippen molar-refractivity contribution in [1.29, 1.82) is 0 Å². The third-order valence-corrected chi connectivity index (χ3v) is 7.15. The molecular formula is C28H32N2O8S. The minimum Gasteiger partial charge on any atom is -0.493 e. The van der Waals surface area contributed by atoms with Crippen LogP contribution in [0.1, 0.15) is 29.5 Å². The Morgan fingerprint density at radius 2 is 1.77 bits per heavy atom. The highest BCUT2D eigenvalue weighted by molar-refractivity contribution is 7.98. The van der Waals surface area contributed by atoms with E-state index in [0.29, 0.717) is 33.8 Å². The van der Waals surface area contributed by atoms with Crippen molar-refractivity contribution in [3.63, 3.8) is 0 Å². The van der Waals surface area contributed by atoms with E-state index in [4.69, 9.17) is 19.0 Å². The maximum absolute atomic E-state index is 13.0. The monoisotopic (exact) mass is 556 g/mol. The Balaban J connectivity index is 1.75. The first kappa shape index (κ1) is 29.6. The average Bonchev–Trinajstić information content (AvgIpc) is 2.92. The molecule has 0 bridgehead atoms. The average molecular weight is 557 g/mol. The summed E-state index contributed by atoms with van der Waals surface area (Å²) in [5, 5.41) is 14.8. The zero-order valence-electron chi connectivity index (χ0n) is 22.1. The molecule has 2 aromatic carbocycles. The lowest BCUT2D eigenvalue weighted by Gasteiger charge is -2.19. The Kier molecular flexibility index (Phi) is 10.8. The number of methoxy groups -OCH3 is 2. The van der Waals surface area contributed by atoms with Gasteiger partial charge in [-0.2, -0.15) is 11.8 Å². The van der Waals surface area contributed by atoms with Gasteiger partial charge in [-0.15, -0.1) is 0 Å². The molecule has 0 saturated carbocycles. The number of benzene rings is 2. The van der Waals surface area contributed by atoms with Gasteiger partial charge in [0, 0.05) is 35.9 Å². The van der Waals surface area contributed by atoms with E-state index >= 15 is 0 Å². The van der Waals surface area contributed by atoms with Gasteiger partial charge in [-0.25, -0.2) is 4.79 Å². The lowest BCUT2D eigenvalue weighted by Crippen LogP contribution is -2.49. The number of nitrogens with one attached hydrogen (secondary N) is 2. The number of carboxylic acid groups (broad SMARTS) is 1. The fourth-order valence-corrected chi connectivity index (χ4v) is 4.97. The molecule has 0 saturated heterocycles. The van der Waals surface area contributed by atoms with Gasteiger partial charge in [0.25, 0.3) is 0 Å². The van der Waals surface area contributed by atoms with Gasteiger partial charge in [-0.05, 0) is 30.5 Å². The van der Waals surface area contributed by atoms with E-state index in [-0.39, 0.29) is 37.1 Å². The highest BCUT2D eigenvalue weighted by atomic mass is 32.2. The van der Waals surface area contributed by atoms with Gasteiger partial charge in [0.05, 0.1) is 26.2 Å². The Labute approximate surface area is 230 Å². The maximum atomic E-state index is 13.0. The zero-order chi connectivity index (χ0) is 28.4. The number of aryl methyl sites for hydroxylation is 1. The van der Waals surface area contributed by atoms with Gasteiger partial charge >= 0.3 is 11.6 Å². The lowest BCUT2D eigenvalue weighted by molar-refractivity contribution is -0.137. The smallest absolute Gasteiger partial charge is 0.340 e. The molecule has 0 aliphatic carbocycles. The van der Waals surface area contributed by atoms with E-state index in [9.17, 15) is 19.2 Å². The summed E-state index contributed by atoms with van der Waals surface area (Å²) in [4.78, 5) is 49.4. The highest BCUT2D eigenvalue weighted by Gasteiger charge is 2.23. The summed E-state index contributed by atoms with van der Waals surface area (Å²) in [6, 6.07) is 12.1. The van der Waals surface area contributed by atoms with Crippen molar-refractivity contribution in [2.24, 2.45) is 0 Å². The van der Waals surface area contributed by atoms with E-state index in [1.54, 1.807) is 19.1 Å².